The number of hydrogen-bond donors (Lipinski definition) is 1. The number of nitrogens with one attached hydrogen (secondary N) is 1. The van der Waals surface area contributed by atoms with Gasteiger partial charge in [-0.3, -0.25) is 9.38 Å². The predicted octanol–water partition coefficient (Wildman–Crippen LogP) is 4.00. The average Bonchev–Trinajstić information content (AvgIpc) is 3.12. The molecule has 2 unspecified atom stereocenters. The lowest BCUT2D eigenvalue weighted by Crippen LogP contribution is -2.45. The van der Waals surface area contributed by atoms with Gasteiger partial charge in [0.1, 0.15) is 11.5 Å². The van der Waals surface area contributed by atoms with E-state index >= 15 is 0 Å². The zero-order chi connectivity index (χ0) is 20.7. The molecule has 2 fully saturated rings. The van der Waals surface area contributed by atoms with E-state index in [4.69, 9.17) is 16.6 Å². The van der Waals surface area contributed by atoms with Gasteiger partial charge in [0.25, 0.3) is 0 Å². The summed E-state index contributed by atoms with van der Waals surface area (Å²) in [5.74, 6) is 1.25. The molecule has 5 rings (SSSR count). The number of piperidine rings is 1. The average molecular weight is 425 g/mol. The Labute approximate surface area is 182 Å². The van der Waals surface area contributed by atoms with Gasteiger partial charge in [0, 0.05) is 38.1 Å². The molecule has 0 aliphatic carbocycles. The van der Waals surface area contributed by atoms with Crippen LogP contribution in [-0.2, 0) is 0 Å². The van der Waals surface area contributed by atoms with Crippen LogP contribution in [0.1, 0.15) is 48.4 Å². The zero-order valence-corrected chi connectivity index (χ0v) is 18.4. The summed E-state index contributed by atoms with van der Waals surface area (Å²) in [6, 6.07) is 10.7. The van der Waals surface area contributed by atoms with Crippen LogP contribution >= 0.6 is 11.6 Å². The topological polar surface area (TPSA) is 48.7 Å². The third kappa shape index (κ3) is 3.57. The number of aromatic nitrogens is 3. The lowest BCUT2D eigenvalue weighted by Gasteiger charge is -2.34. The molecule has 6 nitrogen and oxygen atoms in total. The monoisotopic (exact) mass is 424 g/mol. The van der Waals surface area contributed by atoms with E-state index in [1.807, 2.05) is 18.3 Å². The van der Waals surface area contributed by atoms with Gasteiger partial charge in [-0.05, 0) is 57.5 Å². The van der Waals surface area contributed by atoms with Gasteiger partial charge in [0.2, 0.25) is 0 Å². The summed E-state index contributed by atoms with van der Waals surface area (Å²) in [6.45, 7) is 6.48. The summed E-state index contributed by atoms with van der Waals surface area (Å²) in [6.07, 6.45) is 5.08. The number of imidazole rings is 1. The van der Waals surface area contributed by atoms with Crippen molar-refractivity contribution in [2.24, 2.45) is 0 Å². The number of anilines is 1. The van der Waals surface area contributed by atoms with Crippen molar-refractivity contribution in [3.05, 3.63) is 58.6 Å². The van der Waals surface area contributed by atoms with Crippen LogP contribution in [0.4, 0.5) is 5.82 Å². The van der Waals surface area contributed by atoms with Crippen LogP contribution in [0.25, 0.3) is 5.65 Å². The van der Waals surface area contributed by atoms with Crippen molar-refractivity contribution in [2.45, 2.75) is 38.3 Å². The molecule has 3 aromatic rings. The van der Waals surface area contributed by atoms with Crippen LogP contribution in [0.2, 0.25) is 5.02 Å². The second kappa shape index (κ2) is 8.17. The quantitative estimate of drug-likeness (QED) is 0.688. The Bertz CT molecular complexity index is 1040. The maximum atomic E-state index is 6.43. The van der Waals surface area contributed by atoms with Crippen molar-refractivity contribution in [1.82, 2.24) is 24.6 Å². The number of likely N-dealkylation sites (N-methyl/N-ethyl adjacent to an activating group) is 1. The third-order valence-corrected chi connectivity index (χ3v) is 6.87. The van der Waals surface area contributed by atoms with Crippen molar-refractivity contribution >= 4 is 23.1 Å². The van der Waals surface area contributed by atoms with E-state index < -0.39 is 0 Å². The maximum Gasteiger partial charge on any atom is 0.138 e. The number of pyridine rings is 2. The van der Waals surface area contributed by atoms with Gasteiger partial charge < -0.3 is 15.1 Å². The predicted molar refractivity (Wildman–Crippen MR) is 121 cm³/mol. The van der Waals surface area contributed by atoms with Gasteiger partial charge in [0.15, 0.2) is 0 Å². The van der Waals surface area contributed by atoms with Gasteiger partial charge in [-0.1, -0.05) is 17.7 Å². The van der Waals surface area contributed by atoms with Crippen molar-refractivity contribution in [1.29, 1.82) is 0 Å². The summed E-state index contributed by atoms with van der Waals surface area (Å²) < 4.78 is 2.33. The number of nitrogens with zero attached hydrogens (tertiary/aromatic N) is 5. The molecule has 2 atom stereocenters. The number of piperazine rings is 1. The molecule has 2 aliphatic rings. The maximum absolute atomic E-state index is 6.43. The Balaban J connectivity index is 1.47. The smallest absolute Gasteiger partial charge is 0.138 e. The highest BCUT2D eigenvalue weighted by Gasteiger charge is 2.29. The molecule has 0 aromatic carbocycles. The Morgan fingerprint density at radius 2 is 1.77 bits per heavy atom. The normalized spacial score (nSPS) is 23.2. The minimum atomic E-state index is 0.166. The highest BCUT2D eigenvalue weighted by atomic mass is 35.5. The molecule has 0 spiro atoms. The van der Waals surface area contributed by atoms with Crippen molar-refractivity contribution < 1.29 is 0 Å². The minimum Gasteiger partial charge on any atom is -0.355 e. The van der Waals surface area contributed by atoms with Crippen LogP contribution in [0, 0.1) is 6.92 Å². The van der Waals surface area contributed by atoms with Gasteiger partial charge in [-0.2, -0.15) is 0 Å². The van der Waals surface area contributed by atoms with Crippen LogP contribution < -0.4 is 10.2 Å². The molecule has 1 N–H and O–H groups in total. The first-order valence-corrected chi connectivity index (χ1v) is 11.3. The Morgan fingerprint density at radius 1 is 1.00 bits per heavy atom. The zero-order valence-electron chi connectivity index (χ0n) is 17.7. The Morgan fingerprint density at radius 3 is 2.53 bits per heavy atom. The largest absolute Gasteiger partial charge is 0.355 e. The SMILES string of the molecule is Cc1c(C2CCCC(c3ncccc3Cl)N2)nc2cccc(N3CCN(C)CC3)n12. The molecule has 2 aliphatic heterocycles. The molecule has 3 aromatic heterocycles. The molecule has 0 saturated carbocycles. The summed E-state index contributed by atoms with van der Waals surface area (Å²) in [7, 11) is 2.19. The molecule has 0 radical (unpaired) electrons. The van der Waals surface area contributed by atoms with Crippen LogP contribution in [0.5, 0.6) is 0 Å². The number of aryl methyl sites for hydroxylation is 1. The van der Waals surface area contributed by atoms with Crippen molar-refractivity contribution in [3.8, 4) is 0 Å². The minimum absolute atomic E-state index is 0.166. The van der Waals surface area contributed by atoms with E-state index in [0.29, 0.717) is 0 Å². The molecule has 5 heterocycles. The second-order valence-corrected chi connectivity index (χ2v) is 8.93. The summed E-state index contributed by atoms with van der Waals surface area (Å²) >= 11 is 6.43. The van der Waals surface area contributed by atoms with E-state index in [-0.39, 0.29) is 12.1 Å². The van der Waals surface area contributed by atoms with Crippen LogP contribution in [0.15, 0.2) is 36.5 Å². The first kappa shape index (κ1) is 19.8. The van der Waals surface area contributed by atoms with Crippen LogP contribution in [0.3, 0.4) is 0 Å². The standard InChI is InChI=1S/C23H29ClN6/c1-16-22(18-7-3-8-19(26-18)23-17(24)6-5-11-25-23)27-20-9-4-10-21(30(16)20)29-14-12-28(2)13-15-29/h4-6,9-11,18-19,26H,3,7-8,12-15H2,1-2H3. The molecule has 7 heteroatoms. The van der Waals surface area contributed by atoms with E-state index in [0.717, 1.165) is 67.5 Å². The molecule has 0 bridgehead atoms. The van der Waals surface area contributed by atoms with Gasteiger partial charge in [-0.15, -0.1) is 0 Å². The number of fused-ring (bicyclic) bond motifs is 1. The molecule has 158 valence electrons. The highest BCUT2D eigenvalue weighted by Crippen LogP contribution is 2.36. The summed E-state index contributed by atoms with van der Waals surface area (Å²) in [5, 5.41) is 4.53. The van der Waals surface area contributed by atoms with Gasteiger partial charge in [-0.25, -0.2) is 4.98 Å². The Hall–Kier alpha value is -2.15. The van der Waals surface area contributed by atoms with E-state index in [1.165, 1.54) is 11.5 Å². The highest BCUT2D eigenvalue weighted by molar-refractivity contribution is 6.31. The van der Waals surface area contributed by atoms with Crippen molar-refractivity contribution in [2.75, 3.05) is 38.1 Å². The second-order valence-electron chi connectivity index (χ2n) is 8.52. The number of halogens is 1. The fourth-order valence-electron chi connectivity index (χ4n) is 4.87. The summed E-state index contributed by atoms with van der Waals surface area (Å²) in [5.41, 5.74) is 4.35. The van der Waals surface area contributed by atoms with E-state index in [2.05, 4.69) is 56.7 Å². The van der Waals surface area contributed by atoms with Gasteiger partial charge >= 0.3 is 0 Å². The third-order valence-electron chi connectivity index (χ3n) is 6.55. The lowest BCUT2D eigenvalue weighted by atomic mass is 9.94. The van der Waals surface area contributed by atoms with Crippen LogP contribution in [-0.4, -0.2) is 52.5 Å². The first-order valence-electron chi connectivity index (χ1n) is 10.9. The molecular formula is C23H29ClN6. The van der Waals surface area contributed by atoms with Crippen molar-refractivity contribution in [3.63, 3.8) is 0 Å². The molecule has 0 amide bonds. The summed E-state index contributed by atoms with van der Waals surface area (Å²) in [4.78, 5) is 14.5. The van der Waals surface area contributed by atoms with E-state index in [9.17, 15) is 0 Å². The first-order chi connectivity index (χ1) is 14.6. The molecule has 2 saturated heterocycles. The number of rotatable bonds is 3. The van der Waals surface area contributed by atoms with E-state index in [1.54, 1.807) is 0 Å². The number of hydrogen-bond acceptors (Lipinski definition) is 5. The Kier molecular flexibility index (Phi) is 5.39. The molecular weight excluding hydrogens is 396 g/mol. The fraction of sp³-hybridized carbons (Fsp3) is 0.478. The molecule has 30 heavy (non-hydrogen) atoms. The lowest BCUT2D eigenvalue weighted by molar-refractivity contribution is 0.311. The fourth-order valence-corrected chi connectivity index (χ4v) is 5.12. The van der Waals surface area contributed by atoms with Gasteiger partial charge in [0.05, 0.1) is 28.5 Å².